The van der Waals surface area contributed by atoms with Gasteiger partial charge in [-0.05, 0) is 35.6 Å². The van der Waals surface area contributed by atoms with Crippen molar-refractivity contribution in [1.29, 1.82) is 0 Å². The van der Waals surface area contributed by atoms with Gasteiger partial charge in [-0.1, -0.05) is 50.2 Å². The summed E-state index contributed by atoms with van der Waals surface area (Å²) in [5, 5.41) is 9.28. The minimum absolute atomic E-state index is 0.205. The molecule has 0 aliphatic rings. The molecule has 0 heterocycles. The van der Waals surface area contributed by atoms with Crippen molar-refractivity contribution in [2.24, 2.45) is 5.92 Å². The van der Waals surface area contributed by atoms with Crippen molar-refractivity contribution < 1.29 is 9.90 Å². The normalized spacial score (nSPS) is 10.8. The first kappa shape index (κ1) is 14.3. The van der Waals surface area contributed by atoms with Crippen molar-refractivity contribution in [2.75, 3.05) is 0 Å². The molecule has 0 radical (unpaired) electrons. The number of hydrogen-bond acceptors (Lipinski definition) is 2. The Kier molecular flexibility index (Phi) is 4.57. The lowest BCUT2D eigenvalue weighted by atomic mass is 9.98. The van der Waals surface area contributed by atoms with Gasteiger partial charge in [-0.25, -0.2) is 0 Å². The quantitative estimate of drug-likeness (QED) is 0.799. The predicted molar refractivity (Wildman–Crippen MR) is 81.9 cm³/mol. The molecule has 0 aromatic heterocycles. The van der Waals surface area contributed by atoms with Crippen molar-refractivity contribution in [3.63, 3.8) is 0 Å². The van der Waals surface area contributed by atoms with E-state index in [1.54, 1.807) is 12.1 Å². The lowest BCUT2D eigenvalue weighted by molar-refractivity contribution is 0.0975. The molecule has 0 saturated carbocycles. The molecule has 0 fully saturated rings. The zero-order valence-corrected chi connectivity index (χ0v) is 12.0. The highest BCUT2D eigenvalue weighted by Crippen LogP contribution is 2.22. The van der Waals surface area contributed by atoms with Gasteiger partial charge >= 0.3 is 0 Å². The highest BCUT2D eigenvalue weighted by atomic mass is 16.3. The number of benzene rings is 2. The minimum Gasteiger partial charge on any atom is -0.508 e. The van der Waals surface area contributed by atoms with Crippen LogP contribution in [0.2, 0.25) is 0 Å². The molecule has 1 N–H and O–H groups in total. The third kappa shape index (κ3) is 3.70. The van der Waals surface area contributed by atoms with Crippen molar-refractivity contribution in [3.05, 3.63) is 54.1 Å². The van der Waals surface area contributed by atoms with Crippen molar-refractivity contribution in [3.8, 4) is 16.9 Å². The standard InChI is InChI=1S/C18H20O2/c1-13(2)3-12-18(20)16-6-4-14(5-7-16)15-8-10-17(19)11-9-15/h4-11,13,19H,3,12H2,1-2H3. The summed E-state index contributed by atoms with van der Waals surface area (Å²) in [5.41, 5.74) is 2.85. The largest absolute Gasteiger partial charge is 0.508 e. The summed E-state index contributed by atoms with van der Waals surface area (Å²) >= 11 is 0. The predicted octanol–water partition coefficient (Wildman–Crippen LogP) is 4.68. The second-order valence-electron chi connectivity index (χ2n) is 5.48. The smallest absolute Gasteiger partial charge is 0.162 e. The number of ketones is 1. The highest BCUT2D eigenvalue weighted by Gasteiger charge is 2.07. The maximum atomic E-state index is 12.0. The monoisotopic (exact) mass is 268 g/mol. The van der Waals surface area contributed by atoms with E-state index in [1.807, 2.05) is 36.4 Å². The zero-order chi connectivity index (χ0) is 14.5. The first-order valence-corrected chi connectivity index (χ1v) is 6.99. The Labute approximate surface area is 120 Å². The molecule has 2 heteroatoms. The van der Waals surface area contributed by atoms with Gasteiger partial charge in [0.2, 0.25) is 0 Å². The molecular formula is C18H20O2. The number of carbonyl (C=O) groups is 1. The van der Waals surface area contributed by atoms with Gasteiger partial charge in [0.25, 0.3) is 0 Å². The highest BCUT2D eigenvalue weighted by molar-refractivity contribution is 5.96. The van der Waals surface area contributed by atoms with Crippen molar-refractivity contribution in [2.45, 2.75) is 26.7 Å². The van der Waals surface area contributed by atoms with E-state index in [1.165, 1.54) is 0 Å². The van der Waals surface area contributed by atoms with Gasteiger partial charge in [-0.3, -0.25) is 4.79 Å². The molecule has 2 aromatic rings. The average molecular weight is 268 g/mol. The molecule has 0 saturated heterocycles. The number of carbonyl (C=O) groups excluding carboxylic acids is 1. The molecule has 2 rings (SSSR count). The van der Waals surface area contributed by atoms with Gasteiger partial charge < -0.3 is 5.11 Å². The number of phenolic OH excluding ortho intramolecular Hbond substituents is 1. The summed E-state index contributed by atoms with van der Waals surface area (Å²) in [6.45, 7) is 4.25. The van der Waals surface area contributed by atoms with E-state index in [0.29, 0.717) is 12.3 Å². The molecule has 2 aromatic carbocycles. The minimum atomic E-state index is 0.205. The van der Waals surface area contributed by atoms with E-state index in [-0.39, 0.29) is 11.5 Å². The van der Waals surface area contributed by atoms with Gasteiger partial charge in [0.05, 0.1) is 0 Å². The van der Waals surface area contributed by atoms with E-state index in [9.17, 15) is 9.90 Å². The lowest BCUT2D eigenvalue weighted by Gasteiger charge is -2.06. The van der Waals surface area contributed by atoms with Crippen LogP contribution in [0.1, 0.15) is 37.0 Å². The third-order valence-corrected chi connectivity index (χ3v) is 3.36. The topological polar surface area (TPSA) is 37.3 Å². The van der Waals surface area contributed by atoms with Crippen LogP contribution in [0.15, 0.2) is 48.5 Å². The molecule has 0 aliphatic carbocycles. The van der Waals surface area contributed by atoms with Crippen LogP contribution in [-0.4, -0.2) is 10.9 Å². The first-order valence-electron chi connectivity index (χ1n) is 6.99. The number of Topliss-reactive ketones (excluding diaryl/α,β-unsaturated/α-hetero) is 1. The van der Waals surface area contributed by atoms with Crippen LogP contribution < -0.4 is 0 Å². The summed E-state index contributed by atoms with van der Waals surface area (Å²) in [6, 6.07) is 14.7. The van der Waals surface area contributed by atoms with Crippen LogP contribution in [0.4, 0.5) is 0 Å². The average Bonchev–Trinajstić information content (AvgIpc) is 2.46. The van der Waals surface area contributed by atoms with Gasteiger partial charge in [-0.15, -0.1) is 0 Å². The second kappa shape index (κ2) is 6.38. The fourth-order valence-corrected chi connectivity index (χ4v) is 2.07. The molecule has 0 bridgehead atoms. The molecule has 0 amide bonds. The SMILES string of the molecule is CC(C)CCC(=O)c1ccc(-c2ccc(O)cc2)cc1. The summed E-state index contributed by atoms with van der Waals surface area (Å²) < 4.78 is 0. The summed E-state index contributed by atoms with van der Waals surface area (Å²) in [5.74, 6) is 1.01. The van der Waals surface area contributed by atoms with E-state index < -0.39 is 0 Å². The molecule has 0 atom stereocenters. The Morgan fingerprint density at radius 3 is 1.95 bits per heavy atom. The summed E-state index contributed by atoms with van der Waals surface area (Å²) in [7, 11) is 0. The van der Waals surface area contributed by atoms with Crippen LogP contribution in [0.25, 0.3) is 11.1 Å². The van der Waals surface area contributed by atoms with Crippen molar-refractivity contribution in [1.82, 2.24) is 0 Å². The summed E-state index contributed by atoms with van der Waals surface area (Å²) in [6.07, 6.45) is 1.54. The van der Waals surface area contributed by atoms with Gasteiger partial charge in [0.1, 0.15) is 5.75 Å². The molecule has 0 spiro atoms. The van der Waals surface area contributed by atoms with Gasteiger partial charge in [0, 0.05) is 12.0 Å². The fraction of sp³-hybridized carbons (Fsp3) is 0.278. The van der Waals surface area contributed by atoms with Gasteiger partial charge in [0.15, 0.2) is 5.78 Å². The maximum Gasteiger partial charge on any atom is 0.162 e. The Morgan fingerprint density at radius 2 is 1.45 bits per heavy atom. The third-order valence-electron chi connectivity index (χ3n) is 3.36. The lowest BCUT2D eigenvalue weighted by Crippen LogP contribution is -2.01. The fourth-order valence-electron chi connectivity index (χ4n) is 2.07. The first-order chi connectivity index (χ1) is 9.56. The number of hydrogen-bond donors (Lipinski definition) is 1. The molecule has 104 valence electrons. The molecule has 0 unspecified atom stereocenters. The Morgan fingerprint density at radius 1 is 0.950 bits per heavy atom. The van der Waals surface area contributed by atoms with Crippen molar-refractivity contribution >= 4 is 5.78 Å². The van der Waals surface area contributed by atoms with Crippen LogP contribution in [0, 0.1) is 5.92 Å². The van der Waals surface area contributed by atoms with Gasteiger partial charge in [-0.2, -0.15) is 0 Å². The number of rotatable bonds is 5. The Balaban J connectivity index is 2.10. The molecule has 20 heavy (non-hydrogen) atoms. The molecular weight excluding hydrogens is 248 g/mol. The van der Waals surface area contributed by atoms with E-state index >= 15 is 0 Å². The van der Waals surface area contributed by atoms with Crippen LogP contribution in [0.3, 0.4) is 0 Å². The van der Waals surface area contributed by atoms with E-state index in [0.717, 1.165) is 23.1 Å². The Hall–Kier alpha value is -2.09. The van der Waals surface area contributed by atoms with Crippen LogP contribution >= 0.6 is 0 Å². The van der Waals surface area contributed by atoms with Crippen LogP contribution in [0.5, 0.6) is 5.75 Å². The number of phenols is 1. The van der Waals surface area contributed by atoms with Crippen LogP contribution in [-0.2, 0) is 0 Å². The van der Waals surface area contributed by atoms with E-state index in [2.05, 4.69) is 13.8 Å². The zero-order valence-electron chi connectivity index (χ0n) is 12.0. The number of aromatic hydroxyl groups is 1. The second-order valence-corrected chi connectivity index (χ2v) is 5.48. The molecule has 2 nitrogen and oxygen atoms in total. The summed E-state index contributed by atoms with van der Waals surface area (Å²) in [4.78, 5) is 12.0. The van der Waals surface area contributed by atoms with E-state index in [4.69, 9.17) is 0 Å². The molecule has 0 aliphatic heterocycles. The Bertz CT molecular complexity index is 565. The maximum absolute atomic E-state index is 12.0.